The van der Waals surface area contributed by atoms with Gasteiger partial charge in [-0.15, -0.1) is 11.3 Å². The van der Waals surface area contributed by atoms with Gasteiger partial charge in [0.2, 0.25) is 4.80 Å². The second-order valence-corrected chi connectivity index (χ2v) is 11.0. The molecular formula is C30H26BrN5O3S. The highest BCUT2D eigenvalue weighted by atomic mass is 79.9. The minimum atomic E-state index is -0.193. The van der Waals surface area contributed by atoms with E-state index in [9.17, 15) is 4.79 Å². The highest BCUT2D eigenvalue weighted by molar-refractivity contribution is 9.10. The van der Waals surface area contributed by atoms with Gasteiger partial charge in [0.1, 0.15) is 13.2 Å². The standard InChI is InChI=1S/C30H26BrN5O3S/c1-19(21-13-14-26-27(17-21)39-16-15-38-26)33-35-25(23-11-7-8-12-24(23)31)18-40-30(35)32-28-20(2)34(3)36(29(28)37)22-9-5-4-6-10-22/h4-14,17-18H,15-16H2,1-3H3. The molecule has 0 bridgehead atoms. The number of fused-ring (bicyclic) bond motifs is 1. The molecule has 0 saturated carbocycles. The van der Waals surface area contributed by atoms with Crippen LogP contribution in [0, 0.1) is 6.92 Å². The Morgan fingerprint density at radius 1 is 0.975 bits per heavy atom. The average Bonchev–Trinajstić information content (AvgIpc) is 3.46. The molecule has 0 radical (unpaired) electrons. The fraction of sp³-hybridized carbons (Fsp3) is 0.167. The van der Waals surface area contributed by atoms with Gasteiger partial charge in [0.15, 0.2) is 17.2 Å². The summed E-state index contributed by atoms with van der Waals surface area (Å²) < 4.78 is 17.7. The van der Waals surface area contributed by atoms with Crippen LogP contribution in [0.3, 0.4) is 0 Å². The number of ether oxygens (including phenoxy) is 2. The van der Waals surface area contributed by atoms with Gasteiger partial charge in [0.25, 0.3) is 5.56 Å². The topological polar surface area (TPSA) is 75.0 Å². The molecule has 0 N–H and O–H groups in total. The molecule has 0 fully saturated rings. The Labute approximate surface area is 243 Å². The van der Waals surface area contributed by atoms with Crippen molar-refractivity contribution in [2.24, 2.45) is 17.1 Å². The quantitative estimate of drug-likeness (QED) is 0.226. The Kier molecular flexibility index (Phi) is 7.03. The zero-order valence-corrected chi connectivity index (χ0v) is 24.6. The van der Waals surface area contributed by atoms with Crippen LogP contribution in [0.5, 0.6) is 11.5 Å². The summed E-state index contributed by atoms with van der Waals surface area (Å²) in [6.07, 6.45) is 0. The second kappa shape index (κ2) is 10.8. The van der Waals surface area contributed by atoms with Gasteiger partial charge in [-0.3, -0.25) is 9.48 Å². The minimum Gasteiger partial charge on any atom is -0.486 e. The number of aromatic nitrogens is 3. The summed E-state index contributed by atoms with van der Waals surface area (Å²) >= 11 is 5.11. The highest BCUT2D eigenvalue weighted by Crippen LogP contribution is 2.32. The maximum absolute atomic E-state index is 13.6. The SMILES string of the molecule is CC(=Nn1c(-c2ccccc2Br)csc1=Nc1c(C)n(C)n(-c2ccccc2)c1=O)c1ccc2c(c1)OCCO2. The maximum Gasteiger partial charge on any atom is 0.297 e. The normalized spacial score (nSPS) is 13.6. The summed E-state index contributed by atoms with van der Waals surface area (Å²) in [7, 11) is 1.86. The highest BCUT2D eigenvalue weighted by Gasteiger charge is 2.18. The van der Waals surface area contributed by atoms with Gasteiger partial charge >= 0.3 is 0 Å². The lowest BCUT2D eigenvalue weighted by Gasteiger charge is -2.18. The molecular weight excluding hydrogens is 590 g/mol. The predicted molar refractivity (Wildman–Crippen MR) is 161 cm³/mol. The first-order valence-electron chi connectivity index (χ1n) is 12.7. The molecule has 1 aliphatic heterocycles. The van der Waals surface area contributed by atoms with Crippen molar-refractivity contribution in [3.63, 3.8) is 0 Å². The van der Waals surface area contributed by atoms with Crippen LogP contribution >= 0.6 is 27.3 Å². The monoisotopic (exact) mass is 615 g/mol. The van der Waals surface area contributed by atoms with Crippen LogP contribution in [0.15, 0.2) is 97.5 Å². The van der Waals surface area contributed by atoms with E-state index in [1.165, 1.54) is 11.3 Å². The van der Waals surface area contributed by atoms with Crippen molar-refractivity contribution < 1.29 is 9.47 Å². The van der Waals surface area contributed by atoms with Crippen LogP contribution in [0.2, 0.25) is 0 Å². The lowest BCUT2D eigenvalue weighted by atomic mass is 10.1. The Morgan fingerprint density at radius 3 is 2.48 bits per heavy atom. The molecule has 0 spiro atoms. The number of halogens is 1. The Balaban J connectivity index is 1.54. The van der Waals surface area contributed by atoms with Gasteiger partial charge in [0.05, 0.1) is 22.8 Å². The number of para-hydroxylation sites is 1. The summed E-state index contributed by atoms with van der Waals surface area (Å²) in [5, 5.41) is 7.02. The van der Waals surface area contributed by atoms with E-state index < -0.39 is 0 Å². The van der Waals surface area contributed by atoms with E-state index in [1.807, 2.05) is 104 Å². The fourth-order valence-corrected chi connectivity index (χ4v) is 5.90. The van der Waals surface area contributed by atoms with E-state index >= 15 is 0 Å². The third kappa shape index (κ3) is 4.73. The van der Waals surface area contributed by atoms with Gasteiger partial charge in [-0.25, -0.2) is 14.4 Å². The molecule has 0 atom stereocenters. The number of hydrogen-bond donors (Lipinski definition) is 0. The zero-order chi connectivity index (χ0) is 27.8. The first-order chi connectivity index (χ1) is 19.4. The van der Waals surface area contributed by atoms with Crippen molar-refractivity contribution >= 4 is 38.7 Å². The van der Waals surface area contributed by atoms with Gasteiger partial charge in [0, 0.05) is 28.0 Å². The largest absolute Gasteiger partial charge is 0.486 e. The molecule has 5 aromatic rings. The van der Waals surface area contributed by atoms with E-state index in [2.05, 4.69) is 15.9 Å². The zero-order valence-electron chi connectivity index (χ0n) is 22.2. The number of benzene rings is 3. The summed E-state index contributed by atoms with van der Waals surface area (Å²) in [5.41, 5.74) is 5.18. The van der Waals surface area contributed by atoms with Crippen molar-refractivity contribution in [1.82, 2.24) is 14.0 Å². The third-order valence-corrected chi connectivity index (χ3v) is 8.28. The third-order valence-electron chi connectivity index (χ3n) is 6.78. The van der Waals surface area contributed by atoms with Crippen molar-refractivity contribution in [2.45, 2.75) is 13.8 Å². The fourth-order valence-electron chi connectivity index (χ4n) is 4.58. The second-order valence-electron chi connectivity index (χ2n) is 9.26. The Bertz CT molecular complexity index is 1880. The Morgan fingerprint density at radius 2 is 1.70 bits per heavy atom. The van der Waals surface area contributed by atoms with E-state index in [0.717, 1.165) is 44.1 Å². The number of nitrogens with zero attached hydrogens (tertiary/aromatic N) is 5. The van der Waals surface area contributed by atoms with Crippen LogP contribution in [0.25, 0.3) is 16.9 Å². The lowest BCUT2D eigenvalue weighted by molar-refractivity contribution is 0.171. The molecule has 0 saturated heterocycles. The van der Waals surface area contributed by atoms with Crippen LogP contribution in [0.4, 0.5) is 5.69 Å². The molecule has 3 aromatic carbocycles. The molecule has 10 heteroatoms. The summed E-state index contributed by atoms with van der Waals surface area (Å²) in [4.78, 5) is 19.1. The molecule has 40 heavy (non-hydrogen) atoms. The van der Waals surface area contributed by atoms with Crippen LogP contribution in [0.1, 0.15) is 18.2 Å². The number of rotatable bonds is 5. The van der Waals surface area contributed by atoms with E-state index in [4.69, 9.17) is 19.6 Å². The molecule has 1 aliphatic rings. The summed E-state index contributed by atoms with van der Waals surface area (Å²) in [6.45, 7) is 4.89. The van der Waals surface area contributed by atoms with E-state index in [0.29, 0.717) is 29.5 Å². The smallest absolute Gasteiger partial charge is 0.297 e. The van der Waals surface area contributed by atoms with E-state index in [-0.39, 0.29) is 5.56 Å². The van der Waals surface area contributed by atoms with Gasteiger partial charge in [-0.1, -0.05) is 52.3 Å². The molecule has 0 amide bonds. The maximum atomic E-state index is 13.6. The first-order valence-corrected chi connectivity index (χ1v) is 14.4. The molecule has 202 valence electrons. The van der Waals surface area contributed by atoms with Crippen LogP contribution < -0.4 is 19.8 Å². The molecule has 2 aromatic heterocycles. The summed E-state index contributed by atoms with van der Waals surface area (Å²) in [6, 6.07) is 23.3. The van der Waals surface area contributed by atoms with Crippen molar-refractivity contribution in [3.8, 4) is 28.4 Å². The van der Waals surface area contributed by atoms with Crippen molar-refractivity contribution in [2.75, 3.05) is 13.2 Å². The molecule has 8 nitrogen and oxygen atoms in total. The molecule has 0 unspecified atom stereocenters. The predicted octanol–water partition coefficient (Wildman–Crippen LogP) is 6.05. The van der Waals surface area contributed by atoms with Crippen molar-refractivity contribution in [1.29, 1.82) is 0 Å². The molecule has 6 rings (SSSR count). The van der Waals surface area contributed by atoms with Crippen LogP contribution in [-0.4, -0.2) is 33.0 Å². The molecule has 3 heterocycles. The average molecular weight is 617 g/mol. The van der Waals surface area contributed by atoms with Gasteiger partial charge in [-0.05, 0) is 50.2 Å². The summed E-state index contributed by atoms with van der Waals surface area (Å²) in [5.74, 6) is 1.43. The van der Waals surface area contributed by atoms with Crippen molar-refractivity contribution in [3.05, 3.63) is 109 Å². The minimum absolute atomic E-state index is 0.193. The van der Waals surface area contributed by atoms with Gasteiger partial charge < -0.3 is 9.47 Å². The lowest BCUT2D eigenvalue weighted by Crippen LogP contribution is -2.20. The first kappa shape index (κ1) is 26.1. The number of hydrogen-bond acceptors (Lipinski definition) is 6. The van der Waals surface area contributed by atoms with Crippen LogP contribution in [-0.2, 0) is 7.05 Å². The van der Waals surface area contributed by atoms with E-state index in [1.54, 1.807) is 9.36 Å². The number of thiazole rings is 1. The Hall–Kier alpha value is -4.15. The molecule has 0 aliphatic carbocycles. The van der Waals surface area contributed by atoms with Gasteiger partial charge in [-0.2, -0.15) is 5.10 Å².